The van der Waals surface area contributed by atoms with Crippen molar-refractivity contribution >= 4 is 0 Å². The van der Waals surface area contributed by atoms with Crippen molar-refractivity contribution in [3.05, 3.63) is 0 Å². The molecule has 2 atom stereocenters. The van der Waals surface area contributed by atoms with Gasteiger partial charge in [-0.2, -0.15) is 0 Å². The van der Waals surface area contributed by atoms with E-state index in [2.05, 4.69) is 22.0 Å². The van der Waals surface area contributed by atoms with Gasteiger partial charge in [-0.3, -0.25) is 4.90 Å². The van der Waals surface area contributed by atoms with Crippen molar-refractivity contribution in [2.24, 2.45) is 0 Å². The summed E-state index contributed by atoms with van der Waals surface area (Å²) in [7, 11) is 2.04. The normalized spacial score (nSPS) is 33.0. The summed E-state index contributed by atoms with van der Waals surface area (Å²) in [6.07, 6.45) is 2.76. The van der Waals surface area contributed by atoms with Crippen molar-refractivity contribution < 1.29 is 0 Å². The molecule has 0 amide bonds. The van der Waals surface area contributed by atoms with E-state index in [0.717, 1.165) is 18.6 Å². The summed E-state index contributed by atoms with van der Waals surface area (Å²) in [5, 5.41) is 3.22. The Labute approximate surface area is 87.4 Å². The van der Waals surface area contributed by atoms with Crippen LogP contribution in [0.4, 0.5) is 0 Å². The van der Waals surface area contributed by atoms with E-state index in [-0.39, 0.29) is 0 Å². The fourth-order valence-corrected chi connectivity index (χ4v) is 2.84. The summed E-state index contributed by atoms with van der Waals surface area (Å²) in [5.41, 5.74) is 0. The number of piperazine rings is 1. The molecule has 3 saturated heterocycles. The third-order valence-electron chi connectivity index (χ3n) is 3.71. The Bertz CT molecular complexity index is 171. The van der Waals surface area contributed by atoms with Crippen LogP contribution in [0.3, 0.4) is 0 Å². The molecule has 3 aliphatic heterocycles. The lowest BCUT2D eigenvalue weighted by molar-refractivity contribution is -0.0673. The fraction of sp³-hybridized carbons (Fsp3) is 1.00. The van der Waals surface area contributed by atoms with Gasteiger partial charge < -0.3 is 10.2 Å². The molecule has 3 fully saturated rings. The van der Waals surface area contributed by atoms with E-state index in [1.165, 1.54) is 39.0 Å². The van der Waals surface area contributed by atoms with E-state index in [9.17, 15) is 0 Å². The third-order valence-corrected chi connectivity index (χ3v) is 3.71. The van der Waals surface area contributed by atoms with Crippen molar-refractivity contribution in [3.63, 3.8) is 0 Å². The summed E-state index contributed by atoms with van der Waals surface area (Å²) < 4.78 is 0. The van der Waals surface area contributed by atoms with Crippen molar-refractivity contribution in [1.29, 1.82) is 0 Å². The summed E-state index contributed by atoms with van der Waals surface area (Å²) in [5.74, 6) is 0. The number of nitrogens with zero attached hydrogens (tertiary/aromatic N) is 2. The van der Waals surface area contributed by atoms with Gasteiger partial charge in [0.25, 0.3) is 0 Å². The van der Waals surface area contributed by atoms with Gasteiger partial charge in [0.15, 0.2) is 0 Å². The second-order valence-corrected chi connectivity index (χ2v) is 4.59. The lowest BCUT2D eigenvalue weighted by atomic mass is 9.87. The number of nitrogens with one attached hydrogen (secondary N) is 1. The van der Waals surface area contributed by atoms with Gasteiger partial charge in [0.1, 0.15) is 0 Å². The zero-order valence-corrected chi connectivity index (χ0v) is 9.50. The first-order chi connectivity index (χ1) is 6.85. The minimum absolute atomic E-state index is 0.880. The molecule has 3 heteroatoms. The molecular formula is C11H23N3. The van der Waals surface area contributed by atoms with Gasteiger partial charge in [0.2, 0.25) is 0 Å². The third kappa shape index (κ3) is 1.95. The van der Waals surface area contributed by atoms with Crippen molar-refractivity contribution in [2.45, 2.75) is 31.8 Å². The maximum absolute atomic E-state index is 3.22. The Morgan fingerprint density at radius 3 is 2.57 bits per heavy atom. The van der Waals surface area contributed by atoms with Crippen LogP contribution in [0.5, 0.6) is 0 Å². The minimum atomic E-state index is 0.880. The van der Waals surface area contributed by atoms with Crippen LogP contribution < -0.4 is 5.32 Å². The lowest BCUT2D eigenvalue weighted by Crippen LogP contribution is -2.68. The highest BCUT2D eigenvalue weighted by molar-refractivity contribution is 5.00. The van der Waals surface area contributed by atoms with Gasteiger partial charge >= 0.3 is 0 Å². The quantitative estimate of drug-likeness (QED) is 0.643. The summed E-state index contributed by atoms with van der Waals surface area (Å²) in [6, 6.07) is 1.76. The Morgan fingerprint density at radius 1 is 1.29 bits per heavy atom. The van der Waals surface area contributed by atoms with Crippen LogP contribution in [0.15, 0.2) is 0 Å². The summed E-state index contributed by atoms with van der Waals surface area (Å²) in [6.45, 7) is 8.59. The molecule has 14 heavy (non-hydrogen) atoms. The Kier molecular flexibility index (Phi) is 3.42. The lowest BCUT2D eigenvalue weighted by Gasteiger charge is -2.56. The van der Waals surface area contributed by atoms with Crippen LogP contribution in [-0.4, -0.2) is 61.7 Å². The maximum atomic E-state index is 3.22. The van der Waals surface area contributed by atoms with E-state index in [0.29, 0.717) is 0 Å². The molecule has 0 aromatic heterocycles. The highest BCUT2D eigenvalue weighted by Crippen LogP contribution is 2.31. The SMILES string of the molecule is CCN1CC2CC(C1)N2CCCNC. The molecule has 2 unspecified atom stereocenters. The van der Waals surface area contributed by atoms with E-state index in [1.54, 1.807) is 0 Å². The fourth-order valence-electron chi connectivity index (χ4n) is 2.84. The van der Waals surface area contributed by atoms with Crippen molar-refractivity contribution in [3.8, 4) is 0 Å². The van der Waals surface area contributed by atoms with Crippen LogP contribution in [0, 0.1) is 0 Å². The number of likely N-dealkylation sites (N-methyl/N-ethyl adjacent to an activating group) is 1. The first-order valence-electron chi connectivity index (χ1n) is 5.97. The standard InChI is InChI=1S/C11H23N3/c1-3-13-8-10-7-11(9-13)14(10)6-4-5-12-2/h10-12H,3-9H2,1-2H3. The Balaban J connectivity index is 1.71. The average molecular weight is 197 g/mol. The first-order valence-corrected chi connectivity index (χ1v) is 5.97. The average Bonchev–Trinajstić information content (AvgIpc) is 2.24. The molecule has 0 aromatic carbocycles. The van der Waals surface area contributed by atoms with Gasteiger partial charge in [0.05, 0.1) is 0 Å². The summed E-state index contributed by atoms with van der Waals surface area (Å²) >= 11 is 0. The number of hydrogen-bond acceptors (Lipinski definition) is 3. The minimum Gasteiger partial charge on any atom is -0.320 e. The predicted molar refractivity (Wildman–Crippen MR) is 59.6 cm³/mol. The molecule has 0 aliphatic carbocycles. The Hall–Kier alpha value is -0.120. The molecule has 0 radical (unpaired) electrons. The maximum Gasteiger partial charge on any atom is 0.0242 e. The molecule has 0 aromatic rings. The van der Waals surface area contributed by atoms with E-state index < -0.39 is 0 Å². The topological polar surface area (TPSA) is 18.5 Å². The Morgan fingerprint density at radius 2 is 2.00 bits per heavy atom. The van der Waals surface area contributed by atoms with Gasteiger partial charge in [-0.05, 0) is 33.0 Å². The number of fused-ring (bicyclic) bond motifs is 2. The second kappa shape index (κ2) is 4.60. The van der Waals surface area contributed by atoms with Crippen LogP contribution in [0.1, 0.15) is 19.8 Å². The zero-order chi connectivity index (χ0) is 9.97. The second-order valence-electron chi connectivity index (χ2n) is 4.59. The monoisotopic (exact) mass is 197 g/mol. The highest BCUT2D eigenvalue weighted by Gasteiger charge is 2.43. The highest BCUT2D eigenvalue weighted by atomic mass is 15.4. The van der Waals surface area contributed by atoms with Gasteiger partial charge in [-0.25, -0.2) is 0 Å². The van der Waals surface area contributed by atoms with Gasteiger partial charge in [-0.15, -0.1) is 0 Å². The molecule has 1 N–H and O–H groups in total. The number of piperidine rings is 1. The van der Waals surface area contributed by atoms with Gasteiger partial charge in [-0.1, -0.05) is 6.92 Å². The van der Waals surface area contributed by atoms with E-state index in [1.807, 2.05) is 7.05 Å². The zero-order valence-electron chi connectivity index (χ0n) is 9.50. The van der Waals surface area contributed by atoms with E-state index >= 15 is 0 Å². The molecule has 82 valence electrons. The molecule has 2 bridgehead atoms. The van der Waals surface area contributed by atoms with Crippen LogP contribution >= 0.6 is 0 Å². The van der Waals surface area contributed by atoms with Crippen LogP contribution in [-0.2, 0) is 0 Å². The molecule has 3 rings (SSSR count). The molecular weight excluding hydrogens is 174 g/mol. The smallest absolute Gasteiger partial charge is 0.0242 e. The largest absolute Gasteiger partial charge is 0.320 e. The summed E-state index contributed by atoms with van der Waals surface area (Å²) in [4.78, 5) is 5.30. The molecule has 0 saturated carbocycles. The van der Waals surface area contributed by atoms with Crippen LogP contribution in [0.2, 0.25) is 0 Å². The van der Waals surface area contributed by atoms with Crippen molar-refractivity contribution in [1.82, 2.24) is 15.1 Å². The molecule has 3 heterocycles. The van der Waals surface area contributed by atoms with Crippen molar-refractivity contribution in [2.75, 3.05) is 39.8 Å². The molecule has 0 spiro atoms. The molecule has 3 nitrogen and oxygen atoms in total. The predicted octanol–water partition coefficient (Wildman–Crippen LogP) is 0.374. The van der Waals surface area contributed by atoms with Gasteiger partial charge in [0, 0.05) is 31.7 Å². The molecule has 3 aliphatic rings. The number of hydrogen-bond donors (Lipinski definition) is 1. The van der Waals surface area contributed by atoms with E-state index in [4.69, 9.17) is 0 Å². The number of rotatable bonds is 5. The van der Waals surface area contributed by atoms with Crippen LogP contribution in [0.25, 0.3) is 0 Å². The first kappa shape index (κ1) is 10.4.